The van der Waals surface area contributed by atoms with Crippen LogP contribution in [-0.4, -0.2) is 67.3 Å². The van der Waals surface area contributed by atoms with Crippen LogP contribution in [-0.2, 0) is 28.6 Å². The van der Waals surface area contributed by atoms with E-state index < -0.39 is 27.9 Å². The van der Waals surface area contributed by atoms with Crippen LogP contribution in [0.25, 0.3) is 0 Å². The number of likely N-dealkylation sites (N-methyl/N-ethyl adjacent to an activating group) is 1. The number of benzene rings is 2. The van der Waals surface area contributed by atoms with Crippen LogP contribution in [0, 0.1) is 13.8 Å². The number of hydrogen-bond acceptors (Lipinski definition) is 9. The molecule has 0 saturated carbocycles. The summed E-state index contributed by atoms with van der Waals surface area (Å²) in [6.45, 7) is 4.08. The number of aliphatic hydroxyl groups is 1. The van der Waals surface area contributed by atoms with Gasteiger partial charge in [0.1, 0.15) is 10.8 Å². The SMILES string of the molecule is Cc1csc(CNC(=O)c2cccc(C(=O)N[C@@H](Cc3ccccc3)[C@H](O)CN(C)c3ccc(CS(C)(=O)=O)c(C)n3)c2)n1. The van der Waals surface area contributed by atoms with Gasteiger partial charge in [0.15, 0.2) is 9.84 Å². The first-order valence-corrected chi connectivity index (χ1v) is 17.0. The van der Waals surface area contributed by atoms with Crippen LogP contribution in [0.4, 0.5) is 5.82 Å². The molecule has 0 fully saturated rings. The number of pyridine rings is 1. The van der Waals surface area contributed by atoms with Gasteiger partial charge in [-0.1, -0.05) is 42.5 Å². The Morgan fingerprint density at radius 1 is 0.977 bits per heavy atom. The van der Waals surface area contributed by atoms with E-state index in [0.717, 1.165) is 16.3 Å². The van der Waals surface area contributed by atoms with Crippen LogP contribution in [0.1, 0.15) is 48.2 Å². The lowest BCUT2D eigenvalue weighted by Crippen LogP contribution is -2.49. The standard InChI is InChI=1S/C32H37N5O5S2/c1-21-19-43-30(34-21)17-33-31(39)24-11-8-12-25(16-24)32(40)36-27(15-23-9-6-5-7-10-23)28(38)18-37(3)29-14-13-26(22(2)35-29)20-44(4,41)42/h5-14,16,19,27-28,38H,15,17-18,20H2,1-4H3,(H,33,39)(H,36,40)/t27-,28+/m0/s1. The Balaban J connectivity index is 1.47. The molecule has 4 aromatic rings. The summed E-state index contributed by atoms with van der Waals surface area (Å²) in [6, 6.07) is 18.8. The second-order valence-electron chi connectivity index (χ2n) is 10.8. The maximum atomic E-state index is 13.4. The summed E-state index contributed by atoms with van der Waals surface area (Å²) in [5.41, 5.74) is 3.67. The van der Waals surface area contributed by atoms with Gasteiger partial charge in [-0.05, 0) is 55.7 Å². The van der Waals surface area contributed by atoms with E-state index in [1.807, 2.05) is 42.6 Å². The highest BCUT2D eigenvalue weighted by Crippen LogP contribution is 2.18. The molecule has 0 bridgehead atoms. The molecular weight excluding hydrogens is 599 g/mol. The summed E-state index contributed by atoms with van der Waals surface area (Å²) in [6.07, 6.45) is 0.560. The molecule has 4 rings (SSSR count). The number of carbonyl (C=O) groups excluding carboxylic acids is 2. The molecule has 0 radical (unpaired) electrons. The second kappa shape index (κ2) is 14.6. The average Bonchev–Trinajstić information content (AvgIpc) is 3.41. The summed E-state index contributed by atoms with van der Waals surface area (Å²) in [4.78, 5) is 36.9. The maximum Gasteiger partial charge on any atom is 0.251 e. The van der Waals surface area contributed by atoms with E-state index in [-0.39, 0.29) is 18.2 Å². The first-order chi connectivity index (χ1) is 20.9. The van der Waals surface area contributed by atoms with Crippen LogP contribution >= 0.6 is 11.3 Å². The van der Waals surface area contributed by atoms with Crippen LogP contribution in [0.15, 0.2) is 72.1 Å². The maximum absolute atomic E-state index is 13.4. The topological polar surface area (TPSA) is 142 Å². The van der Waals surface area contributed by atoms with Crippen molar-refractivity contribution < 1.29 is 23.1 Å². The van der Waals surface area contributed by atoms with Gasteiger partial charge in [-0.3, -0.25) is 9.59 Å². The molecule has 0 unspecified atom stereocenters. The predicted octanol–water partition coefficient (Wildman–Crippen LogP) is 3.47. The summed E-state index contributed by atoms with van der Waals surface area (Å²) in [7, 11) is -1.43. The minimum Gasteiger partial charge on any atom is -0.389 e. The largest absolute Gasteiger partial charge is 0.389 e. The number of nitrogens with zero attached hydrogens (tertiary/aromatic N) is 3. The molecule has 0 aliphatic carbocycles. The molecule has 0 saturated heterocycles. The quantitative estimate of drug-likeness (QED) is 0.203. The van der Waals surface area contributed by atoms with Crippen molar-refractivity contribution >= 4 is 38.8 Å². The van der Waals surface area contributed by atoms with Gasteiger partial charge in [-0.2, -0.15) is 0 Å². The minimum absolute atomic E-state index is 0.0992. The Morgan fingerprint density at radius 3 is 2.32 bits per heavy atom. The molecule has 0 aliphatic rings. The molecule has 12 heteroatoms. The third kappa shape index (κ3) is 9.43. The van der Waals surface area contributed by atoms with E-state index in [1.54, 1.807) is 49.2 Å². The molecule has 2 atom stereocenters. The van der Waals surface area contributed by atoms with Gasteiger partial charge in [-0.25, -0.2) is 18.4 Å². The van der Waals surface area contributed by atoms with E-state index in [2.05, 4.69) is 20.6 Å². The van der Waals surface area contributed by atoms with Crippen LogP contribution < -0.4 is 15.5 Å². The van der Waals surface area contributed by atoms with Crippen molar-refractivity contribution in [2.45, 2.75) is 44.7 Å². The lowest BCUT2D eigenvalue weighted by atomic mass is 10.00. The zero-order valence-corrected chi connectivity index (χ0v) is 26.8. The Morgan fingerprint density at radius 2 is 1.68 bits per heavy atom. The predicted molar refractivity (Wildman–Crippen MR) is 173 cm³/mol. The van der Waals surface area contributed by atoms with Gasteiger partial charge >= 0.3 is 0 Å². The van der Waals surface area contributed by atoms with E-state index in [4.69, 9.17) is 0 Å². The number of aromatic nitrogens is 2. The zero-order chi connectivity index (χ0) is 31.9. The number of carbonyl (C=O) groups is 2. The summed E-state index contributed by atoms with van der Waals surface area (Å²) in [5.74, 6) is -0.273. The first-order valence-electron chi connectivity index (χ1n) is 14.1. The monoisotopic (exact) mass is 635 g/mol. The summed E-state index contributed by atoms with van der Waals surface area (Å²) in [5, 5.41) is 19.9. The zero-order valence-electron chi connectivity index (χ0n) is 25.1. The number of anilines is 1. The number of aryl methyl sites for hydroxylation is 2. The fourth-order valence-electron chi connectivity index (χ4n) is 4.67. The molecule has 0 aliphatic heterocycles. The van der Waals surface area contributed by atoms with Crippen LogP contribution in [0.2, 0.25) is 0 Å². The molecule has 232 valence electrons. The number of hydrogen-bond donors (Lipinski definition) is 3. The molecule has 2 aromatic carbocycles. The number of sulfone groups is 1. The number of aliphatic hydroxyl groups excluding tert-OH is 1. The van der Waals surface area contributed by atoms with Crippen molar-refractivity contribution in [1.29, 1.82) is 0 Å². The Bertz CT molecular complexity index is 1710. The number of nitrogens with one attached hydrogen (secondary N) is 2. The molecule has 44 heavy (non-hydrogen) atoms. The Kier molecular flexibility index (Phi) is 10.8. The fraction of sp³-hybridized carbons (Fsp3) is 0.312. The van der Waals surface area contributed by atoms with Crippen LogP contribution in [0.5, 0.6) is 0 Å². The van der Waals surface area contributed by atoms with E-state index in [0.29, 0.717) is 41.2 Å². The van der Waals surface area contributed by atoms with Gasteiger partial charge in [-0.15, -0.1) is 11.3 Å². The second-order valence-corrected chi connectivity index (χ2v) is 13.9. The Hall–Kier alpha value is -4.13. The van der Waals surface area contributed by atoms with Crippen molar-refractivity contribution in [2.75, 3.05) is 24.7 Å². The molecule has 10 nitrogen and oxygen atoms in total. The van der Waals surface area contributed by atoms with Crippen LogP contribution in [0.3, 0.4) is 0 Å². The smallest absolute Gasteiger partial charge is 0.251 e. The highest BCUT2D eigenvalue weighted by Gasteiger charge is 2.25. The normalized spacial score (nSPS) is 12.8. The molecule has 0 spiro atoms. The summed E-state index contributed by atoms with van der Waals surface area (Å²) < 4.78 is 23.5. The van der Waals surface area contributed by atoms with Crippen molar-refractivity contribution in [2.24, 2.45) is 0 Å². The number of amides is 2. The molecule has 2 aromatic heterocycles. The van der Waals surface area contributed by atoms with Gasteiger partial charge in [0, 0.05) is 47.7 Å². The fourth-order valence-corrected chi connectivity index (χ4v) is 6.25. The van der Waals surface area contributed by atoms with Crippen molar-refractivity contribution in [3.05, 3.63) is 111 Å². The number of rotatable bonds is 13. The van der Waals surface area contributed by atoms with Gasteiger partial charge in [0.2, 0.25) is 0 Å². The van der Waals surface area contributed by atoms with Gasteiger partial charge in [0.25, 0.3) is 11.8 Å². The van der Waals surface area contributed by atoms with Gasteiger partial charge in [0.05, 0.1) is 24.4 Å². The van der Waals surface area contributed by atoms with Crippen molar-refractivity contribution in [1.82, 2.24) is 20.6 Å². The lowest BCUT2D eigenvalue weighted by Gasteiger charge is -2.29. The van der Waals surface area contributed by atoms with Crippen molar-refractivity contribution in [3.63, 3.8) is 0 Å². The highest BCUT2D eigenvalue weighted by molar-refractivity contribution is 7.89. The molecule has 2 amide bonds. The average molecular weight is 636 g/mol. The van der Waals surface area contributed by atoms with E-state index in [1.165, 1.54) is 23.7 Å². The summed E-state index contributed by atoms with van der Waals surface area (Å²) >= 11 is 1.47. The number of thiazole rings is 1. The lowest BCUT2D eigenvalue weighted by molar-refractivity contribution is 0.0843. The van der Waals surface area contributed by atoms with E-state index in [9.17, 15) is 23.1 Å². The molecular formula is C32H37N5O5S2. The highest BCUT2D eigenvalue weighted by atomic mass is 32.2. The molecule has 2 heterocycles. The van der Waals surface area contributed by atoms with Crippen molar-refractivity contribution in [3.8, 4) is 0 Å². The third-order valence-electron chi connectivity index (χ3n) is 6.98. The van der Waals surface area contributed by atoms with Gasteiger partial charge < -0.3 is 20.6 Å². The van der Waals surface area contributed by atoms with E-state index >= 15 is 0 Å². The third-order valence-corrected chi connectivity index (χ3v) is 8.79. The molecule has 3 N–H and O–H groups in total. The Labute approximate surface area is 262 Å². The minimum atomic E-state index is -3.21. The first kappa shape index (κ1) is 32.8.